The van der Waals surface area contributed by atoms with E-state index in [0.29, 0.717) is 23.8 Å². The summed E-state index contributed by atoms with van der Waals surface area (Å²) in [4.78, 5) is 38.7. The number of aromatic hydroxyl groups is 1. The molecular formula is C22H24N4O6S. The maximum atomic E-state index is 12.8. The molecule has 0 aromatic carbocycles. The lowest BCUT2D eigenvalue weighted by Gasteiger charge is -2.36. The van der Waals surface area contributed by atoms with Crippen molar-refractivity contribution in [3.63, 3.8) is 0 Å². The van der Waals surface area contributed by atoms with E-state index in [9.17, 15) is 19.5 Å². The first kappa shape index (κ1) is 22.7. The molecule has 11 heteroatoms. The zero-order chi connectivity index (χ0) is 23.9. The molecule has 0 spiro atoms. The van der Waals surface area contributed by atoms with Crippen molar-refractivity contribution in [2.45, 2.75) is 45.3 Å². The Bertz CT molecular complexity index is 1210. The molecule has 0 saturated heterocycles. The maximum absolute atomic E-state index is 12.8. The van der Waals surface area contributed by atoms with E-state index in [0.717, 1.165) is 16.9 Å². The van der Waals surface area contributed by atoms with Crippen molar-refractivity contribution in [3.8, 4) is 5.75 Å². The number of rotatable bonds is 8. The largest absolute Gasteiger partial charge is 0.504 e. The smallest absolute Gasteiger partial charge is 0.273 e. The molecule has 3 N–H and O–H groups in total. The van der Waals surface area contributed by atoms with Gasteiger partial charge in [-0.05, 0) is 31.9 Å². The number of hydrogen-bond donors (Lipinski definition) is 3. The zero-order valence-electron chi connectivity index (χ0n) is 18.5. The molecule has 10 nitrogen and oxygen atoms in total. The number of anilines is 2. The van der Waals surface area contributed by atoms with Crippen molar-refractivity contribution in [1.82, 2.24) is 10.5 Å². The van der Waals surface area contributed by atoms with Crippen LogP contribution in [0.15, 0.2) is 32.7 Å². The number of nitrogens with one attached hydrogen (secondary N) is 2. The lowest BCUT2D eigenvalue weighted by Crippen LogP contribution is -2.67. The Morgan fingerprint density at radius 3 is 2.61 bits per heavy atom. The molecule has 4 rings (SSSR count). The standard InChI is InChI=1S/C22H24N4O6S/c1-5-12(14-6-10(2)8-31-14)23-16-17(20(29)19(16)28)24-13-9-33-21(18(13)27)22(30)26(4)15-7-11(3)32-25-15/h6-9,12,16-17,23-24,27H,5H2,1-4H3/t12-,16?,17?/m1/s1. The van der Waals surface area contributed by atoms with Crippen LogP contribution in [0.5, 0.6) is 5.75 Å². The molecule has 1 fully saturated rings. The molecule has 3 aromatic heterocycles. The molecule has 3 atom stereocenters. The average Bonchev–Trinajstić information content (AvgIpc) is 3.52. The third-order valence-electron chi connectivity index (χ3n) is 5.56. The first-order valence-electron chi connectivity index (χ1n) is 10.4. The van der Waals surface area contributed by atoms with Crippen molar-refractivity contribution in [2.75, 3.05) is 17.3 Å². The van der Waals surface area contributed by atoms with Crippen LogP contribution in [0.4, 0.5) is 11.5 Å². The summed E-state index contributed by atoms with van der Waals surface area (Å²) in [5.74, 6) is -0.376. The second-order valence-corrected chi connectivity index (χ2v) is 8.85. The van der Waals surface area contributed by atoms with E-state index in [1.807, 2.05) is 19.9 Å². The van der Waals surface area contributed by atoms with Crippen LogP contribution in [-0.2, 0) is 9.59 Å². The quantitative estimate of drug-likeness (QED) is 0.422. The number of aromatic nitrogens is 1. The van der Waals surface area contributed by atoms with Gasteiger partial charge >= 0.3 is 0 Å². The summed E-state index contributed by atoms with van der Waals surface area (Å²) in [7, 11) is 1.52. The normalized spacial score (nSPS) is 18.8. The van der Waals surface area contributed by atoms with Crippen LogP contribution in [0.2, 0.25) is 0 Å². The number of carbonyl (C=O) groups is 3. The van der Waals surface area contributed by atoms with Crippen LogP contribution in [-0.4, -0.2) is 46.9 Å². The Morgan fingerprint density at radius 1 is 1.27 bits per heavy atom. The molecule has 1 saturated carbocycles. The fourth-order valence-electron chi connectivity index (χ4n) is 3.63. The van der Waals surface area contributed by atoms with Crippen molar-refractivity contribution >= 4 is 40.3 Å². The van der Waals surface area contributed by atoms with Crippen molar-refractivity contribution in [2.24, 2.45) is 0 Å². The van der Waals surface area contributed by atoms with Gasteiger partial charge in [-0.2, -0.15) is 0 Å². The number of thiophene rings is 1. The van der Waals surface area contributed by atoms with E-state index in [2.05, 4.69) is 15.8 Å². The number of hydrogen-bond acceptors (Lipinski definition) is 10. The third-order valence-corrected chi connectivity index (χ3v) is 6.52. The highest BCUT2D eigenvalue weighted by Gasteiger charge is 2.50. The first-order valence-corrected chi connectivity index (χ1v) is 11.3. The fourth-order valence-corrected chi connectivity index (χ4v) is 4.50. The highest BCUT2D eigenvalue weighted by Crippen LogP contribution is 2.37. The summed E-state index contributed by atoms with van der Waals surface area (Å²) < 4.78 is 10.5. The molecule has 174 valence electrons. The molecule has 1 aliphatic rings. The van der Waals surface area contributed by atoms with Gasteiger partial charge < -0.3 is 19.4 Å². The Balaban J connectivity index is 1.49. The minimum absolute atomic E-state index is 0.0701. The number of nitrogens with zero attached hydrogens (tertiary/aromatic N) is 2. The van der Waals surface area contributed by atoms with Crippen LogP contribution in [0.25, 0.3) is 0 Å². The van der Waals surface area contributed by atoms with Gasteiger partial charge in [0.25, 0.3) is 5.91 Å². The summed E-state index contributed by atoms with van der Waals surface area (Å²) in [5.41, 5.74) is 1.16. The molecule has 0 radical (unpaired) electrons. The van der Waals surface area contributed by atoms with E-state index in [-0.39, 0.29) is 22.4 Å². The number of Topliss-reactive ketones (excluding diaryl/α,β-unsaturated/α-hetero) is 2. The summed E-state index contributed by atoms with van der Waals surface area (Å²) in [6.45, 7) is 5.55. The molecule has 1 amide bonds. The van der Waals surface area contributed by atoms with E-state index in [1.165, 1.54) is 17.3 Å². The second-order valence-electron chi connectivity index (χ2n) is 7.97. The van der Waals surface area contributed by atoms with Gasteiger partial charge in [-0.1, -0.05) is 12.1 Å². The summed E-state index contributed by atoms with van der Waals surface area (Å²) >= 11 is 1.02. The molecular weight excluding hydrogens is 448 g/mol. The van der Waals surface area contributed by atoms with Crippen LogP contribution in [0.1, 0.15) is 46.1 Å². The van der Waals surface area contributed by atoms with Crippen molar-refractivity contribution in [3.05, 3.63) is 45.7 Å². The predicted molar refractivity (Wildman–Crippen MR) is 121 cm³/mol. The van der Waals surface area contributed by atoms with Gasteiger partial charge in [-0.15, -0.1) is 11.3 Å². The molecule has 0 bridgehead atoms. The SMILES string of the molecule is CC[C@@H](NC1C(=O)C(=O)C1Nc1csc(C(=O)N(C)c2cc(C)on2)c1O)c1cc(C)co1. The minimum Gasteiger partial charge on any atom is -0.504 e. The number of carbonyl (C=O) groups excluding carboxylic acids is 3. The number of amides is 1. The molecule has 3 heterocycles. The average molecular weight is 473 g/mol. The number of aryl methyl sites for hydroxylation is 2. The topological polar surface area (TPSA) is 138 Å². The fraction of sp³-hybridized carbons (Fsp3) is 0.364. The van der Waals surface area contributed by atoms with Crippen molar-refractivity contribution in [1.29, 1.82) is 0 Å². The Kier molecular flexibility index (Phi) is 6.09. The second kappa shape index (κ2) is 8.83. The van der Waals surface area contributed by atoms with Crippen LogP contribution in [0, 0.1) is 13.8 Å². The molecule has 3 aromatic rings. The van der Waals surface area contributed by atoms with Gasteiger partial charge in [-0.25, -0.2) is 0 Å². The maximum Gasteiger partial charge on any atom is 0.273 e. The zero-order valence-corrected chi connectivity index (χ0v) is 19.4. The summed E-state index contributed by atoms with van der Waals surface area (Å²) in [6, 6.07) is 1.57. The Labute approximate surface area is 193 Å². The third kappa shape index (κ3) is 4.16. The molecule has 2 unspecified atom stereocenters. The lowest BCUT2D eigenvalue weighted by molar-refractivity contribution is -0.145. The van der Waals surface area contributed by atoms with E-state index >= 15 is 0 Å². The van der Waals surface area contributed by atoms with Gasteiger partial charge in [-0.3, -0.25) is 24.6 Å². The van der Waals surface area contributed by atoms with Gasteiger partial charge in [0.05, 0.1) is 18.0 Å². The summed E-state index contributed by atoms with van der Waals surface area (Å²) in [6.07, 6.45) is 2.27. The number of furan rings is 1. The molecule has 0 aliphatic heterocycles. The van der Waals surface area contributed by atoms with Crippen LogP contribution >= 0.6 is 11.3 Å². The van der Waals surface area contributed by atoms with Crippen LogP contribution < -0.4 is 15.5 Å². The first-order chi connectivity index (χ1) is 15.7. The van der Waals surface area contributed by atoms with E-state index in [4.69, 9.17) is 8.94 Å². The molecule has 1 aliphatic carbocycles. The molecule has 33 heavy (non-hydrogen) atoms. The summed E-state index contributed by atoms with van der Waals surface area (Å²) in [5, 5.41) is 22.1. The Morgan fingerprint density at radius 2 is 2.00 bits per heavy atom. The lowest BCUT2D eigenvalue weighted by atomic mass is 9.82. The van der Waals surface area contributed by atoms with Crippen molar-refractivity contribution < 1.29 is 28.4 Å². The number of ketones is 2. The van der Waals surface area contributed by atoms with Gasteiger partial charge in [0.1, 0.15) is 28.5 Å². The highest BCUT2D eigenvalue weighted by atomic mass is 32.1. The predicted octanol–water partition coefficient (Wildman–Crippen LogP) is 2.97. The highest BCUT2D eigenvalue weighted by molar-refractivity contribution is 7.13. The van der Waals surface area contributed by atoms with Gasteiger partial charge in [0.15, 0.2) is 11.6 Å². The van der Waals surface area contributed by atoms with Gasteiger partial charge in [0.2, 0.25) is 11.6 Å². The van der Waals surface area contributed by atoms with E-state index in [1.54, 1.807) is 19.3 Å². The van der Waals surface area contributed by atoms with Crippen LogP contribution in [0.3, 0.4) is 0 Å². The minimum atomic E-state index is -0.873. The van der Waals surface area contributed by atoms with Gasteiger partial charge in [0, 0.05) is 18.5 Å². The Hall–Kier alpha value is -3.44. The monoisotopic (exact) mass is 472 g/mol. The van der Waals surface area contributed by atoms with E-state index < -0.39 is 29.6 Å².